The lowest BCUT2D eigenvalue weighted by atomic mass is 9.93. The fraction of sp³-hybridized carbons (Fsp3) is 0.519. The molecule has 1 amide bonds. The first-order chi connectivity index (χ1) is 17.0. The molecule has 0 saturated carbocycles. The molecule has 0 unspecified atom stereocenters. The molecule has 6 rings (SSSR count). The maximum Gasteiger partial charge on any atom is 0.219 e. The summed E-state index contributed by atoms with van der Waals surface area (Å²) in [6.45, 7) is 8.34. The van der Waals surface area contributed by atoms with E-state index < -0.39 is 0 Å². The number of carbonyl (C=O) groups excluding carboxylic acids is 1. The number of carbonyl (C=O) groups is 1. The lowest BCUT2D eigenvalue weighted by Crippen LogP contribution is -2.36. The fourth-order valence-corrected chi connectivity index (χ4v) is 6.10. The van der Waals surface area contributed by atoms with Gasteiger partial charge in [0.05, 0.1) is 18.8 Å². The van der Waals surface area contributed by atoms with Crippen LogP contribution in [-0.4, -0.2) is 56.5 Å². The summed E-state index contributed by atoms with van der Waals surface area (Å²) < 4.78 is 4.19. The van der Waals surface area contributed by atoms with Crippen molar-refractivity contribution in [3.05, 3.63) is 46.9 Å². The van der Waals surface area contributed by atoms with Gasteiger partial charge in [-0.2, -0.15) is 10.2 Å². The lowest BCUT2D eigenvalue weighted by molar-refractivity contribution is -0.129. The number of rotatable bonds is 3. The van der Waals surface area contributed by atoms with E-state index in [4.69, 9.17) is 5.10 Å². The average molecular weight is 474 g/mol. The van der Waals surface area contributed by atoms with E-state index in [1.807, 2.05) is 22.8 Å². The Hall–Kier alpha value is -3.13. The van der Waals surface area contributed by atoms with Crippen molar-refractivity contribution in [1.82, 2.24) is 29.8 Å². The van der Waals surface area contributed by atoms with Gasteiger partial charge in [-0.05, 0) is 74.5 Å². The summed E-state index contributed by atoms with van der Waals surface area (Å²) in [6, 6.07) is 5.12. The monoisotopic (exact) mass is 473 g/mol. The van der Waals surface area contributed by atoms with Crippen LogP contribution in [-0.2, 0) is 31.2 Å². The highest BCUT2D eigenvalue weighted by Gasteiger charge is 2.33. The number of hydrogen-bond donors (Lipinski definition) is 1. The van der Waals surface area contributed by atoms with Crippen LogP contribution in [0.5, 0.6) is 0 Å². The van der Waals surface area contributed by atoms with Crippen molar-refractivity contribution in [3.8, 4) is 11.1 Å². The second-order valence-electron chi connectivity index (χ2n) is 10.3. The van der Waals surface area contributed by atoms with Crippen LogP contribution in [0.25, 0.3) is 11.1 Å². The van der Waals surface area contributed by atoms with E-state index in [2.05, 4.69) is 45.3 Å². The summed E-state index contributed by atoms with van der Waals surface area (Å²) >= 11 is 0. The summed E-state index contributed by atoms with van der Waals surface area (Å²) in [5.74, 6) is 1.20. The molecule has 5 heterocycles. The molecule has 1 aromatic carbocycles. The lowest BCUT2D eigenvalue weighted by Gasteiger charge is -2.33. The number of nitrogens with one attached hydrogen (secondary N) is 1. The Morgan fingerprint density at radius 1 is 1.14 bits per heavy atom. The maximum atomic E-state index is 12.3. The first-order valence-electron chi connectivity index (χ1n) is 13.0. The van der Waals surface area contributed by atoms with Gasteiger partial charge in [0, 0.05) is 62.2 Å². The summed E-state index contributed by atoms with van der Waals surface area (Å²) in [4.78, 5) is 16.7. The SMILES string of the molecule is CC(=O)N1CCc2c(c(N3CCCc4cc(-c5cnn(C)c5)c(C)cc43)nn2C2CCNCC2)C1. The van der Waals surface area contributed by atoms with Gasteiger partial charge in [-0.3, -0.25) is 14.2 Å². The Balaban J connectivity index is 1.44. The minimum absolute atomic E-state index is 0.146. The Labute approximate surface area is 206 Å². The largest absolute Gasteiger partial charge is 0.338 e. The Morgan fingerprint density at radius 3 is 2.71 bits per heavy atom. The highest BCUT2D eigenvalue weighted by Crippen LogP contribution is 2.41. The number of nitrogens with zero attached hydrogens (tertiary/aromatic N) is 6. The number of anilines is 2. The van der Waals surface area contributed by atoms with Gasteiger partial charge in [0.25, 0.3) is 0 Å². The van der Waals surface area contributed by atoms with E-state index in [1.54, 1.807) is 6.92 Å². The van der Waals surface area contributed by atoms with Gasteiger partial charge in [-0.15, -0.1) is 0 Å². The molecule has 8 heteroatoms. The van der Waals surface area contributed by atoms with Crippen molar-refractivity contribution in [2.24, 2.45) is 7.05 Å². The number of benzene rings is 1. The zero-order valence-electron chi connectivity index (χ0n) is 21.0. The van der Waals surface area contributed by atoms with Crippen LogP contribution < -0.4 is 10.2 Å². The predicted molar refractivity (Wildman–Crippen MR) is 137 cm³/mol. The second-order valence-corrected chi connectivity index (χ2v) is 10.3. The van der Waals surface area contributed by atoms with Crippen LogP contribution in [0.4, 0.5) is 11.5 Å². The summed E-state index contributed by atoms with van der Waals surface area (Å²) in [6.07, 6.45) is 9.28. The van der Waals surface area contributed by atoms with Crippen LogP contribution in [0.2, 0.25) is 0 Å². The molecule has 3 aliphatic heterocycles. The second kappa shape index (κ2) is 8.82. The third kappa shape index (κ3) is 3.93. The molecule has 0 bridgehead atoms. The Bertz CT molecular complexity index is 1270. The third-order valence-electron chi connectivity index (χ3n) is 7.98. The standard InChI is InChI=1S/C27H35N7O/c1-18-13-26-20(14-23(18)21-15-29-31(3)16-21)5-4-11-33(26)27-24-17-32(19(2)35)12-8-25(24)34(30-27)22-6-9-28-10-7-22/h13-16,22,28H,4-12,17H2,1-3H3. The topological polar surface area (TPSA) is 71.2 Å². The molecule has 0 radical (unpaired) electrons. The Morgan fingerprint density at radius 2 is 1.97 bits per heavy atom. The van der Waals surface area contributed by atoms with E-state index in [9.17, 15) is 4.79 Å². The summed E-state index contributed by atoms with van der Waals surface area (Å²) in [5, 5.41) is 13.2. The summed E-state index contributed by atoms with van der Waals surface area (Å²) in [5.41, 5.74) is 8.87. The number of fused-ring (bicyclic) bond motifs is 2. The molecule has 1 N–H and O–H groups in total. The molecule has 1 saturated heterocycles. The van der Waals surface area contributed by atoms with E-state index >= 15 is 0 Å². The molecule has 3 aliphatic rings. The van der Waals surface area contributed by atoms with Gasteiger partial charge >= 0.3 is 0 Å². The highest BCUT2D eigenvalue weighted by atomic mass is 16.2. The van der Waals surface area contributed by atoms with Gasteiger partial charge in [0.15, 0.2) is 5.82 Å². The van der Waals surface area contributed by atoms with Crippen LogP contribution in [0, 0.1) is 6.92 Å². The van der Waals surface area contributed by atoms with Crippen molar-refractivity contribution < 1.29 is 4.79 Å². The molecule has 1 fully saturated rings. The number of aryl methyl sites for hydroxylation is 3. The normalized spacial score (nSPS) is 18.5. The average Bonchev–Trinajstić information content (AvgIpc) is 3.47. The van der Waals surface area contributed by atoms with Gasteiger partial charge in [-0.1, -0.05) is 0 Å². The van der Waals surface area contributed by atoms with Gasteiger partial charge in [-0.25, -0.2) is 0 Å². The number of piperidine rings is 1. The summed E-state index contributed by atoms with van der Waals surface area (Å²) in [7, 11) is 1.96. The molecule has 184 valence electrons. The molecule has 0 spiro atoms. The van der Waals surface area contributed by atoms with Crippen molar-refractivity contribution in [3.63, 3.8) is 0 Å². The fourth-order valence-electron chi connectivity index (χ4n) is 6.10. The van der Waals surface area contributed by atoms with Crippen molar-refractivity contribution in [2.45, 2.75) is 58.5 Å². The number of aromatic nitrogens is 4. The highest BCUT2D eigenvalue weighted by molar-refractivity contribution is 5.77. The molecule has 8 nitrogen and oxygen atoms in total. The van der Waals surface area contributed by atoms with E-state index in [0.717, 1.165) is 69.7 Å². The van der Waals surface area contributed by atoms with E-state index in [-0.39, 0.29) is 5.91 Å². The number of hydrogen-bond acceptors (Lipinski definition) is 5. The first-order valence-corrected chi connectivity index (χ1v) is 13.0. The van der Waals surface area contributed by atoms with Crippen LogP contribution >= 0.6 is 0 Å². The van der Waals surface area contributed by atoms with Gasteiger partial charge in [0.2, 0.25) is 5.91 Å². The van der Waals surface area contributed by atoms with Gasteiger partial charge in [0.1, 0.15) is 0 Å². The predicted octanol–water partition coefficient (Wildman–Crippen LogP) is 3.51. The molecular weight excluding hydrogens is 438 g/mol. The van der Waals surface area contributed by atoms with Crippen LogP contribution in [0.1, 0.15) is 54.6 Å². The molecular formula is C27H35N7O. The molecule has 0 atom stereocenters. The minimum atomic E-state index is 0.146. The van der Waals surface area contributed by atoms with Crippen molar-refractivity contribution in [2.75, 3.05) is 31.1 Å². The van der Waals surface area contributed by atoms with Crippen molar-refractivity contribution in [1.29, 1.82) is 0 Å². The van der Waals surface area contributed by atoms with Crippen LogP contribution in [0.3, 0.4) is 0 Å². The number of amides is 1. The first kappa shape index (κ1) is 22.3. The molecule has 0 aliphatic carbocycles. The zero-order chi connectivity index (χ0) is 24.1. The smallest absolute Gasteiger partial charge is 0.219 e. The van der Waals surface area contributed by atoms with E-state index in [1.165, 1.54) is 33.6 Å². The molecule has 2 aromatic heterocycles. The molecule has 35 heavy (non-hydrogen) atoms. The quantitative estimate of drug-likeness (QED) is 0.630. The third-order valence-corrected chi connectivity index (χ3v) is 7.98. The van der Waals surface area contributed by atoms with Crippen LogP contribution in [0.15, 0.2) is 24.5 Å². The molecule has 3 aromatic rings. The van der Waals surface area contributed by atoms with E-state index in [0.29, 0.717) is 12.6 Å². The van der Waals surface area contributed by atoms with Gasteiger partial charge < -0.3 is 15.1 Å². The van der Waals surface area contributed by atoms with Crippen molar-refractivity contribution >= 4 is 17.4 Å². The zero-order valence-corrected chi connectivity index (χ0v) is 21.0. The Kier molecular flexibility index (Phi) is 5.63. The minimum Gasteiger partial charge on any atom is -0.338 e. The maximum absolute atomic E-state index is 12.3.